The smallest absolute Gasteiger partial charge is 0.338 e. The first-order valence-corrected chi connectivity index (χ1v) is 7.96. The summed E-state index contributed by atoms with van der Waals surface area (Å²) in [7, 11) is 0. The van der Waals surface area contributed by atoms with Gasteiger partial charge in [0.1, 0.15) is 18.2 Å². The summed E-state index contributed by atoms with van der Waals surface area (Å²) < 4.78 is 36.4. The molecule has 0 saturated carbocycles. The van der Waals surface area contributed by atoms with Crippen molar-refractivity contribution in [2.45, 2.75) is 26.3 Å². The van der Waals surface area contributed by atoms with Crippen LogP contribution in [0.1, 0.15) is 30.6 Å². The number of esters is 2. The van der Waals surface area contributed by atoms with Crippen LogP contribution in [0, 0.1) is 11.6 Å². The van der Waals surface area contributed by atoms with Crippen molar-refractivity contribution in [1.29, 1.82) is 0 Å². The van der Waals surface area contributed by atoms with Gasteiger partial charge in [0.25, 0.3) is 0 Å². The number of nitrogens with one attached hydrogen (secondary N) is 2. The molecule has 26 heavy (non-hydrogen) atoms. The Bertz CT molecular complexity index is 743. The highest BCUT2D eigenvalue weighted by molar-refractivity contribution is 5.95. The van der Waals surface area contributed by atoms with Crippen LogP contribution in [0.15, 0.2) is 29.5 Å². The van der Waals surface area contributed by atoms with Crippen molar-refractivity contribution in [3.63, 3.8) is 0 Å². The minimum atomic E-state index is -1.00. The molecule has 2 amide bonds. The topological polar surface area (TPSA) is 93.7 Å². The molecule has 1 aliphatic heterocycles. The predicted molar refractivity (Wildman–Crippen MR) is 86.0 cm³/mol. The van der Waals surface area contributed by atoms with Gasteiger partial charge in [0.15, 0.2) is 0 Å². The van der Waals surface area contributed by atoms with Crippen molar-refractivity contribution in [3.8, 4) is 0 Å². The first kappa shape index (κ1) is 19.4. The van der Waals surface area contributed by atoms with E-state index >= 15 is 0 Å². The van der Waals surface area contributed by atoms with Gasteiger partial charge in [-0.25, -0.2) is 23.2 Å². The lowest BCUT2D eigenvalue weighted by molar-refractivity contribution is -0.139. The molecule has 1 heterocycles. The average molecular weight is 368 g/mol. The Hall–Kier alpha value is -2.97. The van der Waals surface area contributed by atoms with Crippen molar-refractivity contribution in [1.82, 2.24) is 10.6 Å². The molecule has 0 bridgehead atoms. The maximum atomic E-state index is 13.2. The van der Waals surface area contributed by atoms with Gasteiger partial charge in [0.2, 0.25) is 0 Å². The lowest BCUT2D eigenvalue weighted by Gasteiger charge is -2.28. The number of carbonyl (C=O) groups excluding carboxylic acids is 3. The molecule has 0 spiro atoms. The quantitative estimate of drug-likeness (QED) is 0.750. The zero-order valence-corrected chi connectivity index (χ0v) is 14.2. The molecule has 0 radical (unpaired) electrons. The molecule has 1 aromatic carbocycles. The van der Waals surface area contributed by atoms with Crippen LogP contribution in [-0.2, 0) is 14.3 Å². The van der Waals surface area contributed by atoms with Crippen molar-refractivity contribution in [2.24, 2.45) is 0 Å². The first-order chi connectivity index (χ1) is 12.3. The van der Waals surface area contributed by atoms with Crippen LogP contribution in [0.3, 0.4) is 0 Å². The van der Waals surface area contributed by atoms with E-state index in [0.29, 0.717) is 12.5 Å². The number of hydrogen-bond donors (Lipinski definition) is 2. The van der Waals surface area contributed by atoms with Crippen LogP contribution in [0.5, 0.6) is 0 Å². The Morgan fingerprint density at radius 3 is 2.31 bits per heavy atom. The molecular weight excluding hydrogens is 350 g/mol. The Kier molecular flexibility index (Phi) is 6.26. The van der Waals surface area contributed by atoms with Crippen LogP contribution in [-0.4, -0.2) is 37.2 Å². The molecule has 1 aromatic rings. The summed E-state index contributed by atoms with van der Waals surface area (Å²) in [6.45, 7) is 3.05. The lowest BCUT2D eigenvalue weighted by Crippen LogP contribution is -2.51. The van der Waals surface area contributed by atoms with E-state index in [2.05, 4.69) is 10.6 Å². The SMILES string of the molecule is CCOC(=O)C1=C(COC(=O)c2cc(F)cc(F)c2)NC(=O)N[C@@H]1CC. The summed E-state index contributed by atoms with van der Waals surface area (Å²) in [5, 5.41) is 4.97. The largest absolute Gasteiger partial charge is 0.463 e. The van der Waals surface area contributed by atoms with Gasteiger partial charge in [0, 0.05) is 6.07 Å². The molecule has 0 saturated heterocycles. The Morgan fingerprint density at radius 2 is 1.73 bits per heavy atom. The van der Waals surface area contributed by atoms with Gasteiger partial charge in [-0.05, 0) is 25.5 Å². The van der Waals surface area contributed by atoms with E-state index in [-0.39, 0.29) is 23.4 Å². The van der Waals surface area contributed by atoms with Gasteiger partial charge >= 0.3 is 18.0 Å². The second kappa shape index (κ2) is 8.41. The summed E-state index contributed by atoms with van der Waals surface area (Å²) >= 11 is 0. The fraction of sp³-hybridized carbons (Fsp3) is 0.353. The number of benzene rings is 1. The van der Waals surface area contributed by atoms with Gasteiger partial charge in [-0.15, -0.1) is 0 Å². The van der Waals surface area contributed by atoms with Gasteiger partial charge in [0.05, 0.1) is 29.5 Å². The molecule has 1 aliphatic rings. The minimum Gasteiger partial charge on any atom is -0.463 e. The molecular formula is C17H18F2N2O5. The fourth-order valence-electron chi connectivity index (χ4n) is 2.47. The number of halogens is 2. The van der Waals surface area contributed by atoms with E-state index in [1.54, 1.807) is 13.8 Å². The fourth-order valence-corrected chi connectivity index (χ4v) is 2.47. The van der Waals surface area contributed by atoms with E-state index in [4.69, 9.17) is 9.47 Å². The van der Waals surface area contributed by atoms with Gasteiger partial charge < -0.3 is 20.1 Å². The average Bonchev–Trinajstić information content (AvgIpc) is 2.58. The normalized spacial score (nSPS) is 16.6. The number of hydrogen-bond acceptors (Lipinski definition) is 5. The summed E-state index contributed by atoms with van der Waals surface area (Å²) in [6.07, 6.45) is 0.411. The molecule has 0 fully saturated rings. The molecule has 1 atom stereocenters. The number of carbonyl (C=O) groups is 3. The Labute approximate surface area is 148 Å². The number of rotatable bonds is 6. The summed E-state index contributed by atoms with van der Waals surface area (Å²) in [5.74, 6) is -3.51. The highest BCUT2D eigenvalue weighted by atomic mass is 19.1. The summed E-state index contributed by atoms with van der Waals surface area (Å²) in [6, 6.07) is 1.09. The predicted octanol–water partition coefficient (Wildman–Crippen LogP) is 2.03. The van der Waals surface area contributed by atoms with Gasteiger partial charge in [-0.2, -0.15) is 0 Å². The second-order valence-corrected chi connectivity index (χ2v) is 5.41. The second-order valence-electron chi connectivity index (χ2n) is 5.41. The van der Waals surface area contributed by atoms with Crippen molar-refractivity contribution in [2.75, 3.05) is 13.2 Å². The number of ether oxygens (including phenoxy) is 2. The summed E-state index contributed by atoms with van der Waals surface area (Å²) in [5.41, 5.74) is -0.135. The van der Waals surface area contributed by atoms with Crippen LogP contribution in [0.4, 0.5) is 13.6 Å². The van der Waals surface area contributed by atoms with Crippen LogP contribution in [0.2, 0.25) is 0 Å². The standard InChI is InChI=1S/C17H18F2N2O5/c1-3-12-14(16(23)25-4-2)13(21-17(24)20-12)8-26-15(22)9-5-10(18)7-11(19)6-9/h5-7,12H,3-4,8H2,1-2H3,(H2,20,21,24)/t12-/m1/s1. The van der Waals surface area contributed by atoms with Crippen LogP contribution in [0.25, 0.3) is 0 Å². The van der Waals surface area contributed by atoms with Crippen molar-refractivity contribution in [3.05, 3.63) is 46.7 Å². The highest BCUT2D eigenvalue weighted by Crippen LogP contribution is 2.18. The highest BCUT2D eigenvalue weighted by Gasteiger charge is 2.32. The number of urea groups is 1. The molecule has 140 valence electrons. The minimum absolute atomic E-state index is 0.0595. The molecule has 0 aliphatic carbocycles. The maximum absolute atomic E-state index is 13.2. The molecule has 2 rings (SSSR count). The molecule has 0 unspecified atom stereocenters. The maximum Gasteiger partial charge on any atom is 0.338 e. The third-order valence-corrected chi connectivity index (χ3v) is 3.59. The van der Waals surface area contributed by atoms with Crippen molar-refractivity contribution >= 4 is 18.0 Å². The monoisotopic (exact) mass is 368 g/mol. The first-order valence-electron chi connectivity index (χ1n) is 7.96. The third kappa shape index (κ3) is 4.56. The zero-order valence-electron chi connectivity index (χ0n) is 14.2. The molecule has 0 aromatic heterocycles. The lowest BCUT2D eigenvalue weighted by atomic mass is 10.0. The van der Waals surface area contributed by atoms with Crippen LogP contribution < -0.4 is 10.6 Å². The van der Waals surface area contributed by atoms with Gasteiger partial charge in [-0.1, -0.05) is 6.92 Å². The van der Waals surface area contributed by atoms with E-state index < -0.39 is 42.3 Å². The molecule has 2 N–H and O–H groups in total. The number of amides is 2. The molecule has 7 nitrogen and oxygen atoms in total. The van der Waals surface area contributed by atoms with Crippen molar-refractivity contribution < 1.29 is 32.6 Å². The Morgan fingerprint density at radius 1 is 1.08 bits per heavy atom. The van der Waals surface area contributed by atoms with Crippen LogP contribution >= 0.6 is 0 Å². The Balaban J connectivity index is 2.23. The summed E-state index contributed by atoms with van der Waals surface area (Å²) in [4.78, 5) is 35.9. The van der Waals surface area contributed by atoms with E-state index in [1.807, 2.05) is 0 Å². The van der Waals surface area contributed by atoms with E-state index in [9.17, 15) is 23.2 Å². The van der Waals surface area contributed by atoms with E-state index in [1.165, 1.54) is 0 Å². The zero-order chi connectivity index (χ0) is 19.3. The third-order valence-electron chi connectivity index (χ3n) is 3.59. The molecule has 9 heteroatoms. The van der Waals surface area contributed by atoms with Gasteiger partial charge in [-0.3, -0.25) is 0 Å². The van der Waals surface area contributed by atoms with E-state index in [0.717, 1.165) is 12.1 Å².